The molecule has 2 aliphatic heterocycles. The molecule has 4 rings (SSSR count). The maximum atomic E-state index is 13.6. The molecule has 2 saturated heterocycles. The monoisotopic (exact) mass is 431 g/mol. The van der Waals surface area contributed by atoms with Gasteiger partial charge in [-0.3, -0.25) is 4.79 Å². The minimum Gasteiger partial charge on any atom is -0.497 e. The lowest BCUT2D eigenvalue weighted by molar-refractivity contribution is 0.0787. The number of aromatic nitrogens is 1. The molecule has 1 aromatic carbocycles. The Bertz CT molecular complexity index is 978. The number of carbonyl (C=O) groups excluding carboxylic acids is 1. The molecule has 0 radical (unpaired) electrons. The van der Waals surface area contributed by atoms with Crippen LogP contribution in [0.4, 0.5) is 0 Å². The van der Waals surface area contributed by atoms with E-state index in [2.05, 4.69) is 4.98 Å². The van der Waals surface area contributed by atoms with Gasteiger partial charge < -0.3 is 14.6 Å². The van der Waals surface area contributed by atoms with Crippen LogP contribution >= 0.6 is 0 Å². The van der Waals surface area contributed by atoms with Crippen molar-refractivity contribution in [1.29, 1.82) is 0 Å². The summed E-state index contributed by atoms with van der Waals surface area (Å²) in [4.78, 5) is 17.5. The van der Waals surface area contributed by atoms with E-state index in [0.29, 0.717) is 12.2 Å². The molecule has 0 spiro atoms. The SMILES string of the molecule is COc1ccc(C2CCCCCN2S(=O)(=O)c2c[nH]c(C(=O)N3CCCC3)c2)cc1. The van der Waals surface area contributed by atoms with E-state index < -0.39 is 10.0 Å². The summed E-state index contributed by atoms with van der Waals surface area (Å²) in [7, 11) is -2.12. The smallest absolute Gasteiger partial charge is 0.270 e. The van der Waals surface area contributed by atoms with E-state index in [1.165, 1.54) is 12.3 Å². The van der Waals surface area contributed by atoms with Gasteiger partial charge in [0.2, 0.25) is 10.0 Å². The average molecular weight is 432 g/mol. The Morgan fingerprint density at radius 2 is 1.73 bits per heavy atom. The van der Waals surface area contributed by atoms with Gasteiger partial charge >= 0.3 is 0 Å². The number of benzene rings is 1. The molecule has 1 amide bonds. The van der Waals surface area contributed by atoms with Gasteiger partial charge in [-0.15, -0.1) is 0 Å². The van der Waals surface area contributed by atoms with Crippen LogP contribution in [-0.4, -0.2) is 55.3 Å². The van der Waals surface area contributed by atoms with E-state index in [0.717, 1.165) is 62.9 Å². The first-order valence-corrected chi connectivity index (χ1v) is 12.1. The molecule has 8 heteroatoms. The average Bonchev–Trinajstić information content (AvgIpc) is 3.42. The fourth-order valence-corrected chi connectivity index (χ4v) is 6.08. The van der Waals surface area contributed by atoms with E-state index in [9.17, 15) is 13.2 Å². The van der Waals surface area contributed by atoms with Crippen molar-refractivity contribution in [3.05, 3.63) is 47.8 Å². The number of amides is 1. The van der Waals surface area contributed by atoms with Crippen molar-refractivity contribution >= 4 is 15.9 Å². The molecule has 0 aliphatic carbocycles. The second-order valence-corrected chi connectivity index (χ2v) is 9.89. The number of ether oxygens (including phenoxy) is 1. The standard InChI is InChI=1S/C22H29N3O4S/c1-29-18-10-8-17(9-11-18)21-7-3-2-4-14-25(21)30(27,28)19-15-20(23-16-19)22(26)24-12-5-6-13-24/h8-11,15-16,21,23H,2-7,12-14H2,1H3. The third-order valence-electron chi connectivity index (χ3n) is 6.09. The number of hydrogen-bond acceptors (Lipinski definition) is 4. The van der Waals surface area contributed by atoms with E-state index >= 15 is 0 Å². The lowest BCUT2D eigenvalue weighted by atomic mass is 10.0. The summed E-state index contributed by atoms with van der Waals surface area (Å²) in [6.45, 7) is 1.93. The number of nitrogens with one attached hydrogen (secondary N) is 1. The Kier molecular flexibility index (Phi) is 6.15. The predicted octanol–water partition coefficient (Wildman–Crippen LogP) is 3.57. The van der Waals surface area contributed by atoms with Crippen LogP contribution in [0.1, 0.15) is 60.6 Å². The zero-order valence-corrected chi connectivity index (χ0v) is 18.2. The summed E-state index contributed by atoms with van der Waals surface area (Å²) in [6.07, 6.45) is 7.03. The highest BCUT2D eigenvalue weighted by atomic mass is 32.2. The Hall–Kier alpha value is -2.32. The number of likely N-dealkylation sites (tertiary alicyclic amines) is 1. The van der Waals surface area contributed by atoms with Crippen LogP contribution in [0, 0.1) is 0 Å². The van der Waals surface area contributed by atoms with Gasteiger partial charge in [0, 0.05) is 25.8 Å². The molecule has 30 heavy (non-hydrogen) atoms. The fourth-order valence-electron chi connectivity index (χ4n) is 4.40. The van der Waals surface area contributed by atoms with Gasteiger partial charge in [-0.25, -0.2) is 8.42 Å². The molecular weight excluding hydrogens is 402 g/mol. The van der Waals surface area contributed by atoms with Crippen molar-refractivity contribution in [3.63, 3.8) is 0 Å². The van der Waals surface area contributed by atoms with Crippen molar-refractivity contribution in [3.8, 4) is 5.75 Å². The summed E-state index contributed by atoms with van der Waals surface area (Å²) in [5, 5.41) is 0. The Balaban J connectivity index is 1.62. The third-order valence-corrected chi connectivity index (χ3v) is 7.98. The summed E-state index contributed by atoms with van der Waals surface area (Å²) in [6, 6.07) is 8.89. The zero-order chi connectivity index (χ0) is 21.1. The summed E-state index contributed by atoms with van der Waals surface area (Å²) in [5.74, 6) is 0.619. The molecule has 2 fully saturated rings. The molecule has 2 aliphatic rings. The van der Waals surface area contributed by atoms with Gasteiger partial charge in [-0.2, -0.15) is 4.31 Å². The van der Waals surface area contributed by atoms with Crippen LogP contribution in [0.15, 0.2) is 41.4 Å². The van der Waals surface area contributed by atoms with Crippen molar-refractivity contribution in [1.82, 2.24) is 14.2 Å². The Morgan fingerprint density at radius 1 is 1.03 bits per heavy atom. The number of nitrogens with zero attached hydrogens (tertiary/aromatic N) is 2. The largest absolute Gasteiger partial charge is 0.497 e. The molecule has 162 valence electrons. The highest BCUT2D eigenvalue weighted by Gasteiger charge is 2.34. The zero-order valence-electron chi connectivity index (χ0n) is 17.3. The molecule has 1 aromatic heterocycles. The lowest BCUT2D eigenvalue weighted by Gasteiger charge is -2.29. The normalized spacial score (nSPS) is 20.8. The second-order valence-electron chi connectivity index (χ2n) is 8.00. The minimum atomic E-state index is -3.73. The van der Waals surface area contributed by atoms with E-state index in [4.69, 9.17) is 4.74 Å². The van der Waals surface area contributed by atoms with E-state index in [-0.39, 0.29) is 16.8 Å². The highest BCUT2D eigenvalue weighted by Crippen LogP contribution is 2.35. The number of methoxy groups -OCH3 is 1. The van der Waals surface area contributed by atoms with Gasteiger partial charge in [0.05, 0.1) is 13.2 Å². The van der Waals surface area contributed by atoms with Gasteiger partial charge in [0.1, 0.15) is 16.3 Å². The van der Waals surface area contributed by atoms with Crippen LogP contribution in [0.2, 0.25) is 0 Å². The quantitative estimate of drug-likeness (QED) is 0.785. The number of sulfonamides is 1. The molecular formula is C22H29N3O4S. The first-order chi connectivity index (χ1) is 14.5. The van der Waals surface area contributed by atoms with Crippen molar-refractivity contribution in [2.45, 2.75) is 49.5 Å². The van der Waals surface area contributed by atoms with Gasteiger partial charge in [-0.1, -0.05) is 25.0 Å². The first kappa shape index (κ1) is 20.9. The van der Waals surface area contributed by atoms with E-state index in [1.807, 2.05) is 24.3 Å². The lowest BCUT2D eigenvalue weighted by Crippen LogP contribution is -2.34. The second kappa shape index (κ2) is 8.81. The highest BCUT2D eigenvalue weighted by molar-refractivity contribution is 7.89. The van der Waals surface area contributed by atoms with Crippen molar-refractivity contribution < 1.29 is 17.9 Å². The Morgan fingerprint density at radius 3 is 2.43 bits per heavy atom. The molecule has 1 N–H and O–H groups in total. The number of hydrogen-bond donors (Lipinski definition) is 1. The maximum Gasteiger partial charge on any atom is 0.270 e. The van der Waals surface area contributed by atoms with Gasteiger partial charge in [-0.05, 0) is 49.4 Å². The molecule has 1 atom stereocenters. The van der Waals surface area contributed by atoms with Crippen LogP contribution < -0.4 is 4.74 Å². The van der Waals surface area contributed by atoms with Gasteiger partial charge in [0.25, 0.3) is 5.91 Å². The number of aromatic amines is 1. The number of carbonyl (C=O) groups is 1. The molecule has 1 unspecified atom stereocenters. The van der Waals surface area contributed by atoms with Crippen LogP contribution in [0.3, 0.4) is 0 Å². The molecule has 7 nitrogen and oxygen atoms in total. The molecule has 2 aromatic rings. The molecule has 0 saturated carbocycles. The number of H-pyrrole nitrogens is 1. The molecule has 3 heterocycles. The van der Waals surface area contributed by atoms with Gasteiger partial charge in [0.15, 0.2) is 0 Å². The van der Waals surface area contributed by atoms with E-state index in [1.54, 1.807) is 16.3 Å². The summed E-state index contributed by atoms with van der Waals surface area (Å²) < 4.78 is 34.0. The van der Waals surface area contributed by atoms with Crippen LogP contribution in [0.25, 0.3) is 0 Å². The summed E-state index contributed by atoms with van der Waals surface area (Å²) >= 11 is 0. The minimum absolute atomic E-state index is 0.128. The molecule has 0 bridgehead atoms. The fraction of sp³-hybridized carbons (Fsp3) is 0.500. The summed E-state index contributed by atoms with van der Waals surface area (Å²) in [5.41, 5.74) is 1.30. The first-order valence-electron chi connectivity index (χ1n) is 10.6. The Labute approximate surface area is 178 Å². The topological polar surface area (TPSA) is 82.7 Å². The van der Waals surface area contributed by atoms with Crippen LogP contribution in [-0.2, 0) is 10.0 Å². The predicted molar refractivity (Wildman–Crippen MR) is 114 cm³/mol. The number of rotatable bonds is 5. The van der Waals surface area contributed by atoms with Crippen LogP contribution in [0.5, 0.6) is 5.75 Å². The maximum absolute atomic E-state index is 13.6. The van der Waals surface area contributed by atoms with Crippen molar-refractivity contribution in [2.24, 2.45) is 0 Å². The van der Waals surface area contributed by atoms with Crippen molar-refractivity contribution in [2.75, 3.05) is 26.7 Å². The third kappa shape index (κ3) is 4.11.